The van der Waals surface area contributed by atoms with Gasteiger partial charge < -0.3 is 14.5 Å². The monoisotopic (exact) mass is 568 g/mol. The number of nitrogens with zero attached hydrogens (tertiary/aromatic N) is 6. The molecule has 8 rings (SSSR count). The number of rotatable bonds is 6. The van der Waals surface area contributed by atoms with Gasteiger partial charge in [-0.1, -0.05) is 24.8 Å². The quantitative estimate of drug-likeness (QED) is 0.400. The second-order valence-corrected chi connectivity index (χ2v) is 12.7. The molecule has 2 aromatic heterocycles. The summed E-state index contributed by atoms with van der Waals surface area (Å²) < 4.78 is 23.0. The maximum Gasteiger partial charge on any atom is 0.319 e. The number of ether oxygens (including phenoxy) is 1. The average Bonchev–Trinajstić information content (AvgIpc) is 3.68. The van der Waals surface area contributed by atoms with E-state index in [1.54, 1.807) is 6.20 Å². The van der Waals surface area contributed by atoms with Crippen LogP contribution in [0.25, 0.3) is 22.2 Å². The molecule has 9 heteroatoms. The van der Waals surface area contributed by atoms with E-state index in [1.807, 2.05) is 17.0 Å². The molecule has 4 saturated heterocycles. The molecule has 4 fully saturated rings. The SMILES string of the molecule is C=CC(=O)N1CCC2[C@H]1CN2c1nc(OCC23CCCN2CCC3)nc2c(F)c(-c3cccc4c3CCCC4)ncc12. The van der Waals surface area contributed by atoms with Crippen molar-refractivity contribution in [2.24, 2.45) is 0 Å². The lowest BCUT2D eigenvalue weighted by molar-refractivity contribution is -0.127. The summed E-state index contributed by atoms with van der Waals surface area (Å²) in [5.41, 5.74) is 3.97. The maximum atomic E-state index is 16.6. The van der Waals surface area contributed by atoms with E-state index in [9.17, 15) is 4.79 Å². The van der Waals surface area contributed by atoms with Crippen LogP contribution in [-0.4, -0.2) is 81.1 Å². The van der Waals surface area contributed by atoms with Crippen LogP contribution in [0.15, 0.2) is 37.1 Å². The van der Waals surface area contributed by atoms with Gasteiger partial charge in [-0.05, 0) is 88.1 Å². The molecule has 1 aliphatic carbocycles. The van der Waals surface area contributed by atoms with Gasteiger partial charge in [-0.3, -0.25) is 14.7 Å². The van der Waals surface area contributed by atoms with E-state index < -0.39 is 5.82 Å². The van der Waals surface area contributed by atoms with Crippen LogP contribution in [0.1, 0.15) is 56.1 Å². The Morgan fingerprint density at radius 2 is 1.93 bits per heavy atom. The lowest BCUT2D eigenvalue weighted by Crippen LogP contribution is -2.63. The highest BCUT2D eigenvalue weighted by Gasteiger charge is 2.50. The van der Waals surface area contributed by atoms with Crippen LogP contribution in [0, 0.1) is 5.82 Å². The first-order valence-corrected chi connectivity index (χ1v) is 15.6. The molecule has 4 aliphatic heterocycles. The predicted octanol–water partition coefficient (Wildman–Crippen LogP) is 4.69. The van der Waals surface area contributed by atoms with Crippen molar-refractivity contribution in [1.29, 1.82) is 0 Å². The summed E-state index contributed by atoms with van der Waals surface area (Å²) >= 11 is 0. The third-order valence-electron chi connectivity index (χ3n) is 10.6. The number of pyridine rings is 1. The first kappa shape index (κ1) is 26.1. The summed E-state index contributed by atoms with van der Waals surface area (Å²) in [7, 11) is 0. The van der Waals surface area contributed by atoms with Crippen molar-refractivity contribution < 1.29 is 13.9 Å². The number of hydrogen-bond donors (Lipinski definition) is 0. The van der Waals surface area contributed by atoms with Crippen LogP contribution in [-0.2, 0) is 17.6 Å². The van der Waals surface area contributed by atoms with Gasteiger partial charge in [0.05, 0.1) is 23.0 Å². The minimum Gasteiger partial charge on any atom is -0.461 e. The van der Waals surface area contributed by atoms with Crippen molar-refractivity contribution in [3.63, 3.8) is 0 Å². The number of hydrogen-bond acceptors (Lipinski definition) is 7. The number of halogens is 1. The van der Waals surface area contributed by atoms with Crippen molar-refractivity contribution in [1.82, 2.24) is 24.8 Å². The van der Waals surface area contributed by atoms with E-state index in [0.29, 0.717) is 36.6 Å². The molecule has 0 N–H and O–H groups in total. The van der Waals surface area contributed by atoms with Gasteiger partial charge in [0.25, 0.3) is 0 Å². The Morgan fingerprint density at radius 1 is 1.10 bits per heavy atom. The van der Waals surface area contributed by atoms with E-state index >= 15 is 4.39 Å². The number of amides is 1. The molecule has 1 aromatic carbocycles. The summed E-state index contributed by atoms with van der Waals surface area (Å²) in [5.74, 6) is 0.178. The van der Waals surface area contributed by atoms with Crippen LogP contribution in [0.3, 0.4) is 0 Å². The zero-order valence-corrected chi connectivity index (χ0v) is 24.0. The molecule has 3 aromatic rings. The molecule has 5 aliphatic rings. The Labute approximate surface area is 245 Å². The van der Waals surface area contributed by atoms with Crippen molar-refractivity contribution in [3.8, 4) is 17.3 Å². The van der Waals surface area contributed by atoms with Gasteiger partial charge in [-0.15, -0.1) is 0 Å². The van der Waals surface area contributed by atoms with Gasteiger partial charge in [0.15, 0.2) is 5.82 Å². The molecule has 218 valence electrons. The minimum absolute atomic E-state index is 0.0301. The number of carbonyl (C=O) groups is 1. The van der Waals surface area contributed by atoms with E-state index in [1.165, 1.54) is 30.0 Å². The lowest BCUT2D eigenvalue weighted by atomic mass is 9.87. The maximum absolute atomic E-state index is 16.6. The number of carbonyl (C=O) groups excluding carboxylic acids is 1. The molecule has 8 nitrogen and oxygen atoms in total. The largest absolute Gasteiger partial charge is 0.461 e. The second kappa shape index (κ2) is 10.0. The van der Waals surface area contributed by atoms with Crippen molar-refractivity contribution in [2.45, 2.75) is 75.4 Å². The fourth-order valence-electron chi connectivity index (χ4n) is 8.41. The van der Waals surface area contributed by atoms with Crippen molar-refractivity contribution in [3.05, 3.63) is 54.0 Å². The van der Waals surface area contributed by atoms with Gasteiger partial charge in [-0.2, -0.15) is 9.97 Å². The van der Waals surface area contributed by atoms with Crippen LogP contribution >= 0.6 is 0 Å². The van der Waals surface area contributed by atoms with Crippen LogP contribution < -0.4 is 9.64 Å². The Kier molecular flexibility index (Phi) is 6.21. The Morgan fingerprint density at radius 3 is 2.76 bits per heavy atom. The van der Waals surface area contributed by atoms with Crippen molar-refractivity contribution >= 4 is 22.6 Å². The number of likely N-dealkylation sites (tertiary alicyclic amines) is 1. The fourth-order valence-corrected chi connectivity index (χ4v) is 8.41. The topological polar surface area (TPSA) is 74.7 Å². The molecule has 0 radical (unpaired) electrons. The normalized spacial score (nSPS) is 24.3. The first-order valence-electron chi connectivity index (χ1n) is 15.6. The number of aryl methyl sites for hydroxylation is 1. The molecule has 0 bridgehead atoms. The summed E-state index contributed by atoms with van der Waals surface area (Å²) in [4.78, 5) is 33.3. The smallest absolute Gasteiger partial charge is 0.319 e. The highest BCUT2D eigenvalue weighted by atomic mass is 19.1. The molecule has 1 unspecified atom stereocenters. The van der Waals surface area contributed by atoms with Gasteiger partial charge in [0, 0.05) is 24.8 Å². The molecule has 1 amide bonds. The van der Waals surface area contributed by atoms with Crippen LogP contribution in [0.5, 0.6) is 6.01 Å². The predicted molar refractivity (Wildman–Crippen MR) is 159 cm³/mol. The van der Waals surface area contributed by atoms with Gasteiger partial charge >= 0.3 is 6.01 Å². The van der Waals surface area contributed by atoms with Gasteiger partial charge in [-0.25, -0.2) is 4.39 Å². The highest BCUT2D eigenvalue weighted by Crippen LogP contribution is 2.42. The van der Waals surface area contributed by atoms with E-state index in [4.69, 9.17) is 19.7 Å². The molecule has 0 spiro atoms. The molecule has 0 saturated carbocycles. The summed E-state index contributed by atoms with van der Waals surface area (Å²) in [6, 6.07) is 6.58. The number of aromatic nitrogens is 3. The summed E-state index contributed by atoms with van der Waals surface area (Å²) in [6.45, 7) is 7.70. The molecular weight excluding hydrogens is 531 g/mol. The van der Waals surface area contributed by atoms with Crippen LogP contribution in [0.2, 0.25) is 0 Å². The van der Waals surface area contributed by atoms with Crippen molar-refractivity contribution in [2.75, 3.05) is 37.7 Å². The highest BCUT2D eigenvalue weighted by molar-refractivity contribution is 5.93. The number of anilines is 1. The molecule has 2 atom stereocenters. The molecular formula is C33H37FN6O2. The Balaban J connectivity index is 1.20. The van der Waals surface area contributed by atoms with E-state index in [2.05, 4.69) is 22.4 Å². The van der Waals surface area contributed by atoms with E-state index in [-0.39, 0.29) is 35.1 Å². The van der Waals surface area contributed by atoms with Crippen LogP contribution in [0.4, 0.5) is 10.2 Å². The summed E-state index contributed by atoms with van der Waals surface area (Å²) in [5, 5.41) is 0.585. The van der Waals surface area contributed by atoms with Gasteiger partial charge in [0.1, 0.15) is 23.6 Å². The standard InChI is InChI=1S/C33H37FN6O2/c1-2-27(41)39-17-12-25-26(39)19-40(25)31-24-18-35-29(23-11-5-9-21-8-3-4-10-22(21)23)28(34)30(24)36-32(37-31)42-20-33-13-6-15-38(33)16-7-14-33/h2,5,9,11,18,25-26H,1,3-4,6-8,10,12-17,19-20H2/t25?,26-/m1/s1. The fraction of sp³-hybridized carbons (Fsp3) is 0.515. The average molecular weight is 569 g/mol. The zero-order chi connectivity index (χ0) is 28.4. The first-order chi connectivity index (χ1) is 20.6. The molecule has 42 heavy (non-hydrogen) atoms. The number of fused-ring (bicyclic) bond motifs is 4. The lowest BCUT2D eigenvalue weighted by Gasteiger charge is -2.47. The molecule has 6 heterocycles. The van der Waals surface area contributed by atoms with Gasteiger partial charge in [0.2, 0.25) is 5.91 Å². The third kappa shape index (κ3) is 3.96. The summed E-state index contributed by atoms with van der Waals surface area (Å²) in [6.07, 6.45) is 12.7. The second-order valence-electron chi connectivity index (χ2n) is 12.7. The van der Waals surface area contributed by atoms with E-state index in [0.717, 1.165) is 63.6 Å². The zero-order valence-electron chi connectivity index (χ0n) is 24.0. The number of benzene rings is 1. The third-order valence-corrected chi connectivity index (χ3v) is 10.6. The Bertz CT molecular complexity index is 1580. The Hall–Kier alpha value is -3.59. The minimum atomic E-state index is -0.423.